The highest BCUT2D eigenvalue weighted by Gasteiger charge is 2.19. The van der Waals surface area contributed by atoms with Crippen LogP contribution in [0.1, 0.15) is 278 Å². The summed E-state index contributed by atoms with van der Waals surface area (Å²) < 4.78 is 16.8. The van der Waals surface area contributed by atoms with E-state index in [1.54, 1.807) is 0 Å². The lowest BCUT2D eigenvalue weighted by Gasteiger charge is -2.18. The van der Waals surface area contributed by atoms with Crippen molar-refractivity contribution in [1.29, 1.82) is 0 Å². The molecule has 0 aromatic carbocycles. The Morgan fingerprint density at radius 3 is 0.875 bits per heavy atom. The molecule has 0 aliphatic carbocycles. The molecule has 56 heavy (non-hydrogen) atoms. The highest BCUT2D eigenvalue weighted by Crippen LogP contribution is 2.17. The third kappa shape index (κ3) is 43.5. The molecule has 6 heteroatoms. The van der Waals surface area contributed by atoms with Gasteiger partial charge in [0.2, 0.25) is 0 Å². The molecule has 332 valence electrons. The van der Waals surface area contributed by atoms with Crippen LogP contribution in [-0.2, 0) is 28.6 Å². The SMILES string of the molecule is CCCCCCCCCCCCCCCCCCC(=O)OC[C@H](COC(=O)CCCCCCCCCCCC)OC(=O)CCCCCCCCCCCC(C)C. The van der Waals surface area contributed by atoms with Gasteiger partial charge < -0.3 is 14.2 Å². The summed E-state index contributed by atoms with van der Waals surface area (Å²) in [6, 6.07) is 0. The van der Waals surface area contributed by atoms with Gasteiger partial charge in [-0.3, -0.25) is 14.4 Å². The molecular weight excluding hydrogens is 697 g/mol. The van der Waals surface area contributed by atoms with E-state index in [2.05, 4.69) is 27.7 Å². The molecule has 0 radical (unpaired) electrons. The molecule has 0 amide bonds. The van der Waals surface area contributed by atoms with Crippen molar-refractivity contribution in [2.45, 2.75) is 284 Å². The van der Waals surface area contributed by atoms with Crippen molar-refractivity contribution < 1.29 is 28.6 Å². The van der Waals surface area contributed by atoms with E-state index in [9.17, 15) is 14.4 Å². The van der Waals surface area contributed by atoms with Crippen LogP contribution in [0.25, 0.3) is 0 Å². The van der Waals surface area contributed by atoms with Crippen molar-refractivity contribution in [3.8, 4) is 0 Å². The zero-order valence-electron chi connectivity index (χ0n) is 38.1. The number of carbonyl (C=O) groups is 3. The number of carbonyl (C=O) groups excluding carboxylic acids is 3. The molecule has 0 saturated carbocycles. The molecule has 0 aromatic heterocycles. The van der Waals surface area contributed by atoms with Crippen LogP contribution in [0.5, 0.6) is 0 Å². The smallest absolute Gasteiger partial charge is 0.306 e. The second kappa shape index (κ2) is 44.5. The van der Waals surface area contributed by atoms with Crippen molar-refractivity contribution >= 4 is 17.9 Å². The highest BCUT2D eigenvalue weighted by atomic mass is 16.6. The Kier molecular flexibility index (Phi) is 43.2. The van der Waals surface area contributed by atoms with Crippen LogP contribution in [-0.4, -0.2) is 37.2 Å². The lowest BCUT2D eigenvalue weighted by Crippen LogP contribution is -2.30. The average molecular weight is 793 g/mol. The minimum atomic E-state index is -0.760. The van der Waals surface area contributed by atoms with Crippen LogP contribution >= 0.6 is 0 Å². The van der Waals surface area contributed by atoms with Gasteiger partial charge in [0, 0.05) is 19.3 Å². The Balaban J connectivity index is 4.28. The van der Waals surface area contributed by atoms with E-state index >= 15 is 0 Å². The number of hydrogen-bond donors (Lipinski definition) is 0. The Labute approximate surface area is 348 Å². The van der Waals surface area contributed by atoms with Crippen molar-refractivity contribution in [2.75, 3.05) is 13.2 Å². The number of rotatable bonds is 45. The Bertz CT molecular complexity index is 841. The molecule has 6 nitrogen and oxygen atoms in total. The fourth-order valence-electron chi connectivity index (χ4n) is 7.51. The van der Waals surface area contributed by atoms with Gasteiger partial charge in [-0.2, -0.15) is 0 Å². The zero-order chi connectivity index (χ0) is 41.0. The first-order valence-electron chi connectivity index (χ1n) is 24.9. The summed E-state index contributed by atoms with van der Waals surface area (Å²) >= 11 is 0. The second-order valence-corrected chi connectivity index (χ2v) is 17.6. The van der Waals surface area contributed by atoms with Gasteiger partial charge in [0.1, 0.15) is 13.2 Å². The third-order valence-corrected chi connectivity index (χ3v) is 11.3. The minimum absolute atomic E-state index is 0.0634. The summed E-state index contributed by atoms with van der Waals surface area (Å²) in [7, 11) is 0. The number of esters is 3. The van der Waals surface area contributed by atoms with E-state index in [-0.39, 0.29) is 31.1 Å². The van der Waals surface area contributed by atoms with Crippen molar-refractivity contribution in [2.24, 2.45) is 5.92 Å². The molecule has 0 aromatic rings. The molecule has 0 aliphatic heterocycles. The molecule has 0 spiro atoms. The predicted octanol–water partition coefficient (Wildman–Crippen LogP) is 15.9. The summed E-state index contributed by atoms with van der Waals surface area (Å²) in [6.07, 6.45) is 45.2. The molecule has 0 saturated heterocycles. The van der Waals surface area contributed by atoms with Crippen molar-refractivity contribution in [3.05, 3.63) is 0 Å². The molecule has 0 rings (SSSR count). The van der Waals surface area contributed by atoms with Gasteiger partial charge in [-0.25, -0.2) is 0 Å². The van der Waals surface area contributed by atoms with Crippen LogP contribution < -0.4 is 0 Å². The maximum atomic E-state index is 12.7. The van der Waals surface area contributed by atoms with Crippen molar-refractivity contribution in [1.82, 2.24) is 0 Å². The van der Waals surface area contributed by atoms with Gasteiger partial charge in [-0.15, -0.1) is 0 Å². The fraction of sp³-hybridized carbons (Fsp3) is 0.940. The largest absolute Gasteiger partial charge is 0.462 e. The number of unbranched alkanes of at least 4 members (excludes halogenated alkanes) is 32. The zero-order valence-corrected chi connectivity index (χ0v) is 38.1. The van der Waals surface area contributed by atoms with Crippen molar-refractivity contribution in [3.63, 3.8) is 0 Å². The normalized spacial score (nSPS) is 11.9. The van der Waals surface area contributed by atoms with Gasteiger partial charge >= 0.3 is 17.9 Å². The van der Waals surface area contributed by atoms with E-state index in [0.29, 0.717) is 19.3 Å². The summed E-state index contributed by atoms with van der Waals surface area (Å²) in [6.45, 7) is 8.99. The molecule has 0 N–H and O–H groups in total. The molecule has 1 atom stereocenters. The van der Waals surface area contributed by atoms with Gasteiger partial charge in [-0.1, -0.05) is 240 Å². The summed E-state index contributed by atoms with van der Waals surface area (Å²) in [5, 5.41) is 0. The van der Waals surface area contributed by atoms with Crippen LogP contribution in [0.3, 0.4) is 0 Å². The summed E-state index contributed by atoms with van der Waals surface area (Å²) in [4.78, 5) is 37.8. The number of ether oxygens (including phenoxy) is 3. The molecule has 0 unspecified atom stereocenters. The maximum absolute atomic E-state index is 12.7. The van der Waals surface area contributed by atoms with Crippen LogP contribution in [0, 0.1) is 5.92 Å². The lowest BCUT2D eigenvalue weighted by molar-refractivity contribution is -0.167. The Hall–Kier alpha value is -1.59. The average Bonchev–Trinajstić information content (AvgIpc) is 3.18. The summed E-state index contributed by atoms with van der Waals surface area (Å²) in [5.74, 6) is -0.0440. The monoisotopic (exact) mass is 793 g/mol. The molecule has 0 bridgehead atoms. The molecule has 0 aliphatic rings. The third-order valence-electron chi connectivity index (χ3n) is 11.3. The Morgan fingerprint density at radius 2 is 0.589 bits per heavy atom. The molecule has 0 heterocycles. The van der Waals surface area contributed by atoms with Gasteiger partial charge in [0.15, 0.2) is 6.10 Å². The molecular formula is C50H96O6. The van der Waals surface area contributed by atoms with E-state index < -0.39 is 6.10 Å². The first-order chi connectivity index (χ1) is 27.4. The first kappa shape index (κ1) is 54.4. The van der Waals surface area contributed by atoms with E-state index in [1.165, 1.54) is 173 Å². The predicted molar refractivity (Wildman–Crippen MR) is 238 cm³/mol. The van der Waals surface area contributed by atoms with E-state index in [1.807, 2.05) is 0 Å². The number of hydrogen-bond acceptors (Lipinski definition) is 6. The second-order valence-electron chi connectivity index (χ2n) is 17.6. The quantitative estimate of drug-likeness (QED) is 0.0347. The van der Waals surface area contributed by atoms with E-state index in [0.717, 1.165) is 63.7 Å². The summed E-state index contributed by atoms with van der Waals surface area (Å²) in [5.41, 5.74) is 0. The van der Waals surface area contributed by atoms with Gasteiger partial charge in [0.25, 0.3) is 0 Å². The molecule has 0 fully saturated rings. The van der Waals surface area contributed by atoms with E-state index in [4.69, 9.17) is 14.2 Å². The van der Waals surface area contributed by atoms with Crippen LogP contribution in [0.15, 0.2) is 0 Å². The highest BCUT2D eigenvalue weighted by molar-refractivity contribution is 5.71. The van der Waals surface area contributed by atoms with Crippen LogP contribution in [0.4, 0.5) is 0 Å². The lowest BCUT2D eigenvalue weighted by atomic mass is 10.0. The van der Waals surface area contributed by atoms with Crippen LogP contribution in [0.2, 0.25) is 0 Å². The standard InChI is InChI=1S/C50H96O6/c1-5-7-9-11-13-15-17-18-19-20-21-22-26-30-34-38-42-49(52)55-45-47(44-54-48(51)41-37-33-29-25-16-14-12-10-8-6-2)56-50(53)43-39-35-31-27-23-24-28-32-36-40-46(3)4/h46-47H,5-45H2,1-4H3/t47-/m0/s1. The minimum Gasteiger partial charge on any atom is -0.462 e. The maximum Gasteiger partial charge on any atom is 0.306 e. The fourth-order valence-corrected chi connectivity index (χ4v) is 7.51. The van der Waals surface area contributed by atoms with Gasteiger partial charge in [-0.05, 0) is 25.2 Å². The Morgan fingerprint density at radius 1 is 0.339 bits per heavy atom. The topological polar surface area (TPSA) is 78.9 Å². The first-order valence-corrected chi connectivity index (χ1v) is 24.9. The van der Waals surface area contributed by atoms with Gasteiger partial charge in [0.05, 0.1) is 0 Å².